The Hall–Kier alpha value is -0.900. The van der Waals surface area contributed by atoms with E-state index in [2.05, 4.69) is 5.32 Å². The molecule has 1 heterocycles. The molecule has 0 radical (unpaired) electrons. The molecule has 0 aromatic rings. The summed E-state index contributed by atoms with van der Waals surface area (Å²) in [4.78, 5) is 21.9. The summed E-state index contributed by atoms with van der Waals surface area (Å²) in [5.41, 5.74) is 0. The van der Waals surface area contributed by atoms with Gasteiger partial charge in [0.05, 0.1) is 13.2 Å². The van der Waals surface area contributed by atoms with Crippen LogP contribution in [0, 0.1) is 0 Å². The van der Waals surface area contributed by atoms with Crippen LogP contribution in [0.2, 0.25) is 0 Å². The van der Waals surface area contributed by atoms with Gasteiger partial charge in [0, 0.05) is 6.42 Å². The fourth-order valence-electron chi connectivity index (χ4n) is 1.18. The van der Waals surface area contributed by atoms with Crippen molar-refractivity contribution in [3.8, 4) is 0 Å². The van der Waals surface area contributed by atoms with Gasteiger partial charge in [-0.3, -0.25) is 14.9 Å². The second kappa shape index (κ2) is 4.21. The summed E-state index contributed by atoms with van der Waals surface area (Å²) in [6, 6.07) is -0.275. The van der Waals surface area contributed by atoms with Crippen LogP contribution in [0.25, 0.3) is 0 Å². The molecular formula is C8H13NO3. The van der Waals surface area contributed by atoms with Gasteiger partial charge in [-0.2, -0.15) is 0 Å². The quantitative estimate of drug-likeness (QED) is 0.588. The van der Waals surface area contributed by atoms with E-state index in [1.807, 2.05) is 0 Å². The Labute approximate surface area is 71.3 Å². The first-order valence-corrected chi connectivity index (χ1v) is 4.15. The molecule has 4 nitrogen and oxygen atoms in total. The summed E-state index contributed by atoms with van der Waals surface area (Å²) in [7, 11) is 0. The van der Waals surface area contributed by atoms with Gasteiger partial charge in [-0.15, -0.1) is 0 Å². The summed E-state index contributed by atoms with van der Waals surface area (Å²) >= 11 is 0. The molecule has 1 aliphatic heterocycles. The second-order valence-electron chi connectivity index (χ2n) is 2.76. The zero-order chi connectivity index (χ0) is 8.97. The Bertz CT molecular complexity index is 181. The molecule has 68 valence electrons. The molecule has 1 saturated heterocycles. The van der Waals surface area contributed by atoms with Crippen molar-refractivity contribution in [1.82, 2.24) is 5.32 Å². The highest BCUT2D eigenvalue weighted by Crippen LogP contribution is 2.05. The Balaban J connectivity index is 2.33. The predicted molar refractivity (Wildman–Crippen MR) is 42.7 cm³/mol. The highest BCUT2D eigenvalue weighted by Gasteiger charge is 2.24. The molecule has 1 aliphatic rings. The van der Waals surface area contributed by atoms with E-state index >= 15 is 0 Å². The number of carbonyl (C=O) groups is 2. The number of ketones is 1. The van der Waals surface area contributed by atoms with Crippen molar-refractivity contribution in [2.75, 3.05) is 13.2 Å². The van der Waals surface area contributed by atoms with Gasteiger partial charge in [-0.05, 0) is 13.3 Å². The standard InChI is InChI=1S/C8H13NO3/c1-2-12-8(11)7-4-3-6(10)5-9-7/h7,9H,2-5H2,1H3/t7-/m1/s1. The highest BCUT2D eigenvalue weighted by atomic mass is 16.5. The van der Waals surface area contributed by atoms with Gasteiger partial charge in [-0.25, -0.2) is 0 Å². The number of Topliss-reactive ketones (excluding diaryl/α,β-unsaturated/α-hetero) is 1. The van der Waals surface area contributed by atoms with Crippen LogP contribution in [-0.2, 0) is 14.3 Å². The third-order valence-electron chi connectivity index (χ3n) is 1.83. The lowest BCUT2D eigenvalue weighted by Gasteiger charge is -2.20. The van der Waals surface area contributed by atoms with E-state index in [0.717, 1.165) is 0 Å². The average Bonchev–Trinajstić information content (AvgIpc) is 2.06. The lowest BCUT2D eigenvalue weighted by molar-refractivity contribution is -0.146. The molecule has 4 heteroatoms. The molecule has 0 aliphatic carbocycles. The summed E-state index contributed by atoms with van der Waals surface area (Å²) < 4.78 is 4.80. The fraction of sp³-hybridized carbons (Fsp3) is 0.750. The number of ether oxygens (including phenoxy) is 1. The molecule has 12 heavy (non-hydrogen) atoms. The maximum atomic E-state index is 11.1. The van der Waals surface area contributed by atoms with E-state index in [4.69, 9.17) is 4.74 Å². The van der Waals surface area contributed by atoms with Crippen LogP contribution >= 0.6 is 0 Å². The molecular weight excluding hydrogens is 158 g/mol. The third-order valence-corrected chi connectivity index (χ3v) is 1.83. The topological polar surface area (TPSA) is 55.4 Å². The van der Waals surface area contributed by atoms with Crippen molar-refractivity contribution in [2.45, 2.75) is 25.8 Å². The molecule has 0 saturated carbocycles. The third kappa shape index (κ3) is 2.30. The van der Waals surface area contributed by atoms with E-state index in [0.29, 0.717) is 26.0 Å². The van der Waals surface area contributed by atoms with E-state index in [-0.39, 0.29) is 17.8 Å². The Morgan fingerprint density at radius 3 is 3.00 bits per heavy atom. The molecule has 0 spiro atoms. The maximum Gasteiger partial charge on any atom is 0.323 e. The van der Waals surface area contributed by atoms with Gasteiger partial charge >= 0.3 is 5.97 Å². The molecule has 0 aromatic heterocycles. The normalized spacial score (nSPS) is 23.8. The Morgan fingerprint density at radius 2 is 2.50 bits per heavy atom. The molecule has 1 N–H and O–H groups in total. The first-order chi connectivity index (χ1) is 5.74. The number of rotatable bonds is 2. The molecule has 0 amide bonds. The van der Waals surface area contributed by atoms with Crippen LogP contribution in [0.1, 0.15) is 19.8 Å². The molecule has 1 fully saturated rings. The zero-order valence-corrected chi connectivity index (χ0v) is 7.13. The van der Waals surface area contributed by atoms with E-state index in [1.165, 1.54) is 0 Å². The Kier molecular flexibility index (Phi) is 3.22. The minimum Gasteiger partial charge on any atom is -0.465 e. The van der Waals surface area contributed by atoms with Crippen LogP contribution in [0.3, 0.4) is 0 Å². The lowest BCUT2D eigenvalue weighted by atomic mass is 10.0. The fourth-order valence-corrected chi connectivity index (χ4v) is 1.18. The van der Waals surface area contributed by atoms with Gasteiger partial charge in [0.1, 0.15) is 11.8 Å². The number of esters is 1. The van der Waals surface area contributed by atoms with Gasteiger partial charge in [0.2, 0.25) is 0 Å². The van der Waals surface area contributed by atoms with Gasteiger partial charge in [0.15, 0.2) is 0 Å². The largest absolute Gasteiger partial charge is 0.465 e. The number of nitrogens with one attached hydrogen (secondary N) is 1. The lowest BCUT2D eigenvalue weighted by Crippen LogP contribution is -2.45. The van der Waals surface area contributed by atoms with Crippen LogP contribution < -0.4 is 5.32 Å². The van der Waals surface area contributed by atoms with Crippen molar-refractivity contribution in [2.24, 2.45) is 0 Å². The van der Waals surface area contributed by atoms with Crippen molar-refractivity contribution < 1.29 is 14.3 Å². The van der Waals surface area contributed by atoms with Crippen LogP contribution in [0.15, 0.2) is 0 Å². The molecule has 0 unspecified atom stereocenters. The summed E-state index contributed by atoms with van der Waals surface area (Å²) in [5.74, 6) is -0.0828. The van der Waals surface area contributed by atoms with Crippen molar-refractivity contribution in [1.29, 1.82) is 0 Å². The summed E-state index contributed by atoms with van der Waals surface area (Å²) in [5, 5.41) is 2.83. The Morgan fingerprint density at radius 1 is 1.75 bits per heavy atom. The minimum absolute atomic E-state index is 0.163. The monoisotopic (exact) mass is 171 g/mol. The van der Waals surface area contributed by atoms with Gasteiger partial charge in [0.25, 0.3) is 0 Å². The molecule has 1 rings (SSSR count). The highest BCUT2D eigenvalue weighted by molar-refractivity contribution is 5.85. The second-order valence-corrected chi connectivity index (χ2v) is 2.76. The molecule has 1 atom stereocenters. The van der Waals surface area contributed by atoms with E-state index in [1.54, 1.807) is 6.92 Å². The van der Waals surface area contributed by atoms with E-state index < -0.39 is 0 Å². The van der Waals surface area contributed by atoms with Crippen molar-refractivity contribution in [3.63, 3.8) is 0 Å². The first-order valence-electron chi connectivity index (χ1n) is 4.15. The number of carbonyl (C=O) groups excluding carboxylic acids is 2. The maximum absolute atomic E-state index is 11.1. The van der Waals surface area contributed by atoms with Crippen molar-refractivity contribution in [3.05, 3.63) is 0 Å². The van der Waals surface area contributed by atoms with Gasteiger partial charge in [-0.1, -0.05) is 0 Å². The number of hydrogen-bond acceptors (Lipinski definition) is 4. The smallest absolute Gasteiger partial charge is 0.323 e. The summed E-state index contributed by atoms with van der Waals surface area (Å²) in [6.45, 7) is 2.46. The van der Waals surface area contributed by atoms with E-state index in [9.17, 15) is 9.59 Å². The number of piperidine rings is 1. The molecule has 0 aromatic carbocycles. The van der Waals surface area contributed by atoms with Crippen LogP contribution in [0.5, 0.6) is 0 Å². The SMILES string of the molecule is CCOC(=O)[C@H]1CCC(=O)CN1. The van der Waals surface area contributed by atoms with Gasteiger partial charge < -0.3 is 4.74 Å². The zero-order valence-electron chi connectivity index (χ0n) is 7.13. The first kappa shape index (κ1) is 9.19. The average molecular weight is 171 g/mol. The van der Waals surface area contributed by atoms with Crippen LogP contribution in [-0.4, -0.2) is 30.9 Å². The predicted octanol–water partition coefficient (Wildman–Crippen LogP) is -0.129. The van der Waals surface area contributed by atoms with Crippen LogP contribution in [0.4, 0.5) is 0 Å². The number of hydrogen-bond donors (Lipinski definition) is 1. The minimum atomic E-state index is -0.275. The summed E-state index contributed by atoms with van der Waals surface area (Å²) in [6.07, 6.45) is 1.05. The molecule has 0 bridgehead atoms. The van der Waals surface area contributed by atoms with Crippen molar-refractivity contribution >= 4 is 11.8 Å².